The second-order valence-corrected chi connectivity index (χ2v) is 7.58. The summed E-state index contributed by atoms with van der Waals surface area (Å²) in [5.74, 6) is -0.818. The zero-order valence-electron chi connectivity index (χ0n) is 14.7. The Balaban J connectivity index is 1.87. The van der Waals surface area contributed by atoms with Gasteiger partial charge in [-0.15, -0.1) is 0 Å². The van der Waals surface area contributed by atoms with Gasteiger partial charge in [-0.1, -0.05) is 12.1 Å². The van der Waals surface area contributed by atoms with Gasteiger partial charge in [0.2, 0.25) is 10.0 Å². The molecule has 0 unspecified atom stereocenters. The summed E-state index contributed by atoms with van der Waals surface area (Å²) in [6, 6.07) is 9.04. The second-order valence-electron chi connectivity index (χ2n) is 5.81. The number of alkyl halides is 3. The topological polar surface area (TPSA) is 92.3 Å². The average Bonchev–Trinajstić information content (AvgIpc) is 2.64. The standard InChI is InChI=1S/C18H17F3N2O4S/c1-12(24)13-4-8-16(9-5-13)28(26,27)23-11-10-22-17(25)14-2-6-15(7-3-14)18(19,20)21/h2-9,23H,10-11H2,1H3,(H,22,25). The fraction of sp³-hybridized carbons (Fsp3) is 0.222. The average molecular weight is 414 g/mol. The molecule has 0 spiro atoms. The summed E-state index contributed by atoms with van der Waals surface area (Å²) in [6.45, 7) is 1.18. The largest absolute Gasteiger partial charge is 0.416 e. The van der Waals surface area contributed by atoms with E-state index in [1.165, 1.54) is 31.2 Å². The van der Waals surface area contributed by atoms with Crippen molar-refractivity contribution in [2.45, 2.75) is 18.0 Å². The Morgan fingerprint density at radius 3 is 1.93 bits per heavy atom. The van der Waals surface area contributed by atoms with Crippen molar-refractivity contribution in [3.63, 3.8) is 0 Å². The van der Waals surface area contributed by atoms with E-state index in [1.807, 2.05) is 0 Å². The zero-order valence-corrected chi connectivity index (χ0v) is 15.5. The van der Waals surface area contributed by atoms with Crippen molar-refractivity contribution in [3.8, 4) is 0 Å². The lowest BCUT2D eigenvalue weighted by Gasteiger charge is -2.10. The highest BCUT2D eigenvalue weighted by Gasteiger charge is 2.30. The van der Waals surface area contributed by atoms with E-state index in [0.29, 0.717) is 5.56 Å². The Hall–Kier alpha value is -2.72. The molecule has 2 rings (SSSR count). The highest BCUT2D eigenvalue weighted by molar-refractivity contribution is 7.89. The summed E-state index contributed by atoms with van der Waals surface area (Å²) in [6.07, 6.45) is -4.49. The van der Waals surface area contributed by atoms with Gasteiger partial charge < -0.3 is 5.32 Å². The van der Waals surface area contributed by atoms with Crippen molar-refractivity contribution >= 4 is 21.7 Å². The molecule has 0 radical (unpaired) electrons. The molecule has 2 N–H and O–H groups in total. The molecule has 0 aromatic heterocycles. The van der Waals surface area contributed by atoms with Crippen LogP contribution in [-0.2, 0) is 16.2 Å². The monoisotopic (exact) mass is 414 g/mol. The number of ketones is 1. The van der Waals surface area contributed by atoms with Gasteiger partial charge in [-0.05, 0) is 43.3 Å². The van der Waals surface area contributed by atoms with Crippen LogP contribution in [0.15, 0.2) is 53.4 Å². The summed E-state index contributed by atoms with van der Waals surface area (Å²) in [4.78, 5) is 23.1. The fourth-order valence-electron chi connectivity index (χ4n) is 2.23. The molecule has 0 aliphatic carbocycles. The fourth-order valence-corrected chi connectivity index (χ4v) is 3.26. The van der Waals surface area contributed by atoms with Gasteiger partial charge in [-0.3, -0.25) is 9.59 Å². The number of rotatable bonds is 7. The minimum Gasteiger partial charge on any atom is -0.351 e. The number of hydrogen-bond acceptors (Lipinski definition) is 4. The van der Waals surface area contributed by atoms with Crippen LogP contribution in [0.3, 0.4) is 0 Å². The van der Waals surface area contributed by atoms with Crippen LogP contribution in [0.2, 0.25) is 0 Å². The molecule has 0 saturated carbocycles. The molecule has 0 bridgehead atoms. The first-order valence-corrected chi connectivity index (χ1v) is 9.55. The van der Waals surface area contributed by atoms with Crippen LogP contribution in [0.25, 0.3) is 0 Å². The third-order valence-corrected chi connectivity index (χ3v) is 5.23. The van der Waals surface area contributed by atoms with Crippen molar-refractivity contribution in [2.75, 3.05) is 13.1 Å². The second kappa shape index (κ2) is 8.53. The van der Waals surface area contributed by atoms with E-state index in [0.717, 1.165) is 24.3 Å². The molecule has 10 heteroatoms. The molecular formula is C18H17F3N2O4S. The number of benzene rings is 2. The summed E-state index contributed by atoms with van der Waals surface area (Å²) in [7, 11) is -3.82. The highest BCUT2D eigenvalue weighted by atomic mass is 32.2. The van der Waals surface area contributed by atoms with Gasteiger partial charge in [0.25, 0.3) is 5.91 Å². The first-order chi connectivity index (χ1) is 13.0. The number of Topliss-reactive ketones (excluding diaryl/α,β-unsaturated/α-hetero) is 1. The van der Waals surface area contributed by atoms with Gasteiger partial charge in [-0.2, -0.15) is 13.2 Å². The Morgan fingerprint density at radius 1 is 0.893 bits per heavy atom. The Kier molecular flexibility index (Phi) is 6.57. The van der Waals surface area contributed by atoms with Gasteiger partial charge in [0.1, 0.15) is 0 Å². The third-order valence-electron chi connectivity index (χ3n) is 3.75. The van der Waals surface area contributed by atoms with Crippen LogP contribution >= 0.6 is 0 Å². The molecule has 1 amide bonds. The Morgan fingerprint density at radius 2 is 1.43 bits per heavy atom. The smallest absolute Gasteiger partial charge is 0.351 e. The van der Waals surface area contributed by atoms with Crippen molar-refractivity contribution in [3.05, 3.63) is 65.2 Å². The number of carbonyl (C=O) groups is 2. The molecule has 0 atom stereocenters. The molecule has 0 fully saturated rings. The normalized spacial score (nSPS) is 11.9. The van der Waals surface area contributed by atoms with Crippen LogP contribution in [0, 0.1) is 0 Å². The molecule has 6 nitrogen and oxygen atoms in total. The van der Waals surface area contributed by atoms with E-state index in [4.69, 9.17) is 0 Å². The van der Waals surface area contributed by atoms with E-state index in [1.54, 1.807) is 0 Å². The maximum absolute atomic E-state index is 12.5. The summed E-state index contributed by atoms with van der Waals surface area (Å²) in [5, 5.41) is 2.41. The lowest BCUT2D eigenvalue weighted by atomic mass is 10.1. The summed E-state index contributed by atoms with van der Waals surface area (Å²) < 4.78 is 64.1. The molecule has 0 heterocycles. The van der Waals surface area contributed by atoms with Crippen molar-refractivity contribution < 1.29 is 31.2 Å². The quantitative estimate of drug-likeness (QED) is 0.538. The van der Waals surface area contributed by atoms with Gasteiger partial charge in [0.15, 0.2) is 5.78 Å². The Bertz CT molecular complexity index is 954. The molecule has 2 aromatic carbocycles. The molecule has 150 valence electrons. The Labute approximate surface area is 159 Å². The maximum atomic E-state index is 12.5. The van der Waals surface area contributed by atoms with Crippen molar-refractivity contribution in [1.29, 1.82) is 0 Å². The predicted molar refractivity (Wildman–Crippen MR) is 95.4 cm³/mol. The van der Waals surface area contributed by atoms with Crippen LogP contribution in [0.4, 0.5) is 13.2 Å². The lowest BCUT2D eigenvalue weighted by molar-refractivity contribution is -0.137. The first-order valence-electron chi connectivity index (χ1n) is 8.07. The highest BCUT2D eigenvalue weighted by Crippen LogP contribution is 2.29. The number of halogens is 3. The molecule has 0 saturated heterocycles. The number of carbonyl (C=O) groups excluding carboxylic acids is 2. The minimum atomic E-state index is -4.49. The van der Waals surface area contributed by atoms with E-state index < -0.39 is 27.7 Å². The van der Waals surface area contributed by atoms with Gasteiger partial charge >= 0.3 is 6.18 Å². The SMILES string of the molecule is CC(=O)c1ccc(S(=O)(=O)NCCNC(=O)c2ccc(C(F)(F)F)cc2)cc1. The first kappa shape index (κ1) is 21.6. The van der Waals surface area contributed by atoms with Crippen molar-refractivity contribution in [2.24, 2.45) is 0 Å². The number of sulfonamides is 1. The van der Waals surface area contributed by atoms with Gasteiger partial charge in [-0.25, -0.2) is 13.1 Å². The number of amides is 1. The predicted octanol–water partition coefficient (Wildman–Crippen LogP) is 2.62. The van der Waals surface area contributed by atoms with E-state index >= 15 is 0 Å². The lowest BCUT2D eigenvalue weighted by Crippen LogP contribution is -2.34. The van der Waals surface area contributed by atoms with Gasteiger partial charge in [0, 0.05) is 24.2 Å². The number of nitrogens with one attached hydrogen (secondary N) is 2. The molecule has 0 aliphatic rings. The van der Waals surface area contributed by atoms with Crippen molar-refractivity contribution in [1.82, 2.24) is 10.0 Å². The summed E-state index contributed by atoms with van der Waals surface area (Å²) in [5.41, 5.74) is -0.467. The van der Waals surface area contributed by atoms with E-state index in [9.17, 15) is 31.2 Å². The van der Waals surface area contributed by atoms with E-state index in [2.05, 4.69) is 10.0 Å². The minimum absolute atomic E-state index is 0.0238. The molecule has 28 heavy (non-hydrogen) atoms. The van der Waals surface area contributed by atoms with Gasteiger partial charge in [0.05, 0.1) is 10.5 Å². The van der Waals surface area contributed by atoms with E-state index in [-0.39, 0.29) is 29.3 Å². The zero-order chi connectivity index (χ0) is 20.9. The molecular weight excluding hydrogens is 397 g/mol. The van der Waals surface area contributed by atoms with Crippen LogP contribution in [0.1, 0.15) is 33.2 Å². The maximum Gasteiger partial charge on any atom is 0.416 e. The summed E-state index contributed by atoms with van der Waals surface area (Å²) >= 11 is 0. The molecule has 0 aliphatic heterocycles. The van der Waals surface area contributed by atoms with Crippen LogP contribution in [0.5, 0.6) is 0 Å². The van der Waals surface area contributed by atoms with Crippen LogP contribution < -0.4 is 10.0 Å². The van der Waals surface area contributed by atoms with Crippen LogP contribution in [-0.4, -0.2) is 33.2 Å². The third kappa shape index (κ3) is 5.64. The molecule has 2 aromatic rings. The number of hydrogen-bond donors (Lipinski definition) is 2.